The summed E-state index contributed by atoms with van der Waals surface area (Å²) in [4.78, 5) is 2.63. The van der Waals surface area contributed by atoms with Gasteiger partial charge in [-0.1, -0.05) is 18.9 Å². The van der Waals surface area contributed by atoms with Crippen molar-refractivity contribution in [3.05, 3.63) is 35.7 Å². The van der Waals surface area contributed by atoms with Crippen LogP contribution in [0.4, 0.5) is 0 Å². The smallest absolute Gasteiger partial charge is 0.233 e. The summed E-state index contributed by atoms with van der Waals surface area (Å²) in [7, 11) is 2.34. The van der Waals surface area contributed by atoms with Crippen molar-refractivity contribution in [2.75, 3.05) is 13.6 Å². The fourth-order valence-electron chi connectivity index (χ4n) is 5.53. The van der Waals surface area contributed by atoms with E-state index in [1.807, 2.05) is 0 Å². The molecule has 1 aliphatic heterocycles. The zero-order valence-electron chi connectivity index (χ0n) is 14.8. The summed E-state index contributed by atoms with van der Waals surface area (Å²) in [6.45, 7) is 5.44. The molecule has 4 rings (SSSR count). The number of nitrogens with zero attached hydrogens (tertiary/aromatic N) is 1. The normalized spacial score (nSPS) is 34.2. The Labute approximate surface area is 141 Å². The van der Waals surface area contributed by atoms with Gasteiger partial charge in [0.25, 0.3) is 0 Å². The second-order valence-electron chi connectivity index (χ2n) is 7.99. The third-order valence-corrected chi connectivity index (χ3v) is 6.88. The van der Waals surface area contributed by atoms with Crippen molar-refractivity contribution in [2.24, 2.45) is 5.92 Å². The maximum Gasteiger partial charge on any atom is 0.233 e. The highest BCUT2D eigenvalue weighted by Gasteiger charge is 2.53. The van der Waals surface area contributed by atoms with Gasteiger partial charge in [0.1, 0.15) is 12.2 Å². The number of hydrogen-bond acceptors (Lipinski definition) is 2. The molecule has 2 heteroatoms. The minimum absolute atomic E-state index is 0.182. The van der Waals surface area contributed by atoms with E-state index in [0.717, 1.165) is 17.7 Å². The van der Waals surface area contributed by atoms with E-state index in [0.29, 0.717) is 5.41 Å². The second kappa shape index (κ2) is 5.73. The Morgan fingerprint density at radius 1 is 1.30 bits per heavy atom. The largest absolute Gasteiger partial charge is 0.451 e. The Morgan fingerprint density at radius 3 is 3.00 bits per heavy atom. The fraction of sp³-hybridized carbons (Fsp3) is 0.667. The van der Waals surface area contributed by atoms with Gasteiger partial charge >= 0.3 is 0 Å². The van der Waals surface area contributed by atoms with Crippen LogP contribution in [0.1, 0.15) is 57.1 Å². The molecule has 2 bridgehead atoms. The zero-order valence-corrected chi connectivity index (χ0v) is 14.8. The van der Waals surface area contributed by atoms with Crippen molar-refractivity contribution in [1.82, 2.24) is 4.90 Å². The van der Waals surface area contributed by atoms with Gasteiger partial charge in [-0.15, -0.1) is 0 Å². The van der Waals surface area contributed by atoms with Crippen LogP contribution in [0, 0.1) is 12.3 Å². The van der Waals surface area contributed by atoms with Gasteiger partial charge in [-0.05, 0) is 68.5 Å². The van der Waals surface area contributed by atoms with E-state index in [2.05, 4.69) is 50.4 Å². The Kier molecular flexibility index (Phi) is 3.84. The maximum atomic E-state index is 6.10. The van der Waals surface area contributed by atoms with Gasteiger partial charge in [0, 0.05) is 18.4 Å². The minimum Gasteiger partial charge on any atom is -0.451 e. The Bertz CT molecular complexity index is 583. The average Bonchev–Trinajstić information content (AvgIpc) is 2.58. The van der Waals surface area contributed by atoms with Crippen LogP contribution in [0.5, 0.6) is 5.75 Å². The van der Waals surface area contributed by atoms with Crippen LogP contribution in [0.3, 0.4) is 0 Å². The monoisotopic (exact) mass is 312 g/mol. The average molecular weight is 312 g/mol. The molecule has 23 heavy (non-hydrogen) atoms. The molecule has 0 N–H and O–H groups in total. The molecule has 0 spiro atoms. The molecule has 3 aliphatic rings. The lowest BCUT2D eigenvalue weighted by Gasteiger charge is -2.58. The molecule has 0 amide bonds. The SMILES string of the molecule is C[CH+]C(C)Oc1ccc2c(c1)C13CCCCC1C(C2)N(C)CC3. The van der Waals surface area contributed by atoms with E-state index in [9.17, 15) is 0 Å². The molecule has 2 fully saturated rings. The molecule has 2 nitrogen and oxygen atoms in total. The Morgan fingerprint density at radius 2 is 2.17 bits per heavy atom. The summed E-state index contributed by atoms with van der Waals surface area (Å²) >= 11 is 0. The summed E-state index contributed by atoms with van der Waals surface area (Å²) in [6.07, 6.45) is 10.5. The van der Waals surface area contributed by atoms with Gasteiger partial charge in [-0.25, -0.2) is 0 Å². The summed E-state index contributed by atoms with van der Waals surface area (Å²) in [5.41, 5.74) is 3.65. The van der Waals surface area contributed by atoms with Crippen LogP contribution in [-0.4, -0.2) is 30.6 Å². The number of hydrogen-bond donors (Lipinski definition) is 0. The molecule has 4 atom stereocenters. The standard InChI is InChI=1S/C21H30NO/c1-4-15(2)23-17-9-8-16-13-20-18-7-5-6-10-21(18,19(16)14-17)11-12-22(20)3/h4,8-9,14-15,18,20H,5-7,10-13H2,1-3H3/q+1. The van der Waals surface area contributed by atoms with E-state index in [1.165, 1.54) is 45.1 Å². The Hall–Kier alpha value is -1.15. The second-order valence-corrected chi connectivity index (χ2v) is 7.99. The number of piperidine rings is 1. The summed E-state index contributed by atoms with van der Waals surface area (Å²) < 4.78 is 6.10. The van der Waals surface area contributed by atoms with Crippen LogP contribution in [0.25, 0.3) is 0 Å². The van der Waals surface area contributed by atoms with Gasteiger partial charge in [0.05, 0.1) is 6.92 Å². The van der Waals surface area contributed by atoms with Crippen molar-refractivity contribution in [3.63, 3.8) is 0 Å². The molecule has 1 aromatic carbocycles. The van der Waals surface area contributed by atoms with Gasteiger partial charge in [0.2, 0.25) is 6.10 Å². The maximum absolute atomic E-state index is 6.10. The molecule has 0 radical (unpaired) electrons. The van der Waals surface area contributed by atoms with Crippen LogP contribution < -0.4 is 4.74 Å². The number of likely N-dealkylation sites (N-methyl/N-ethyl adjacent to an activating group) is 1. The first-order valence-corrected chi connectivity index (χ1v) is 9.44. The lowest BCUT2D eigenvalue weighted by atomic mass is 9.52. The third kappa shape index (κ3) is 2.38. The molecule has 0 aromatic heterocycles. The van der Waals surface area contributed by atoms with E-state index < -0.39 is 0 Å². The lowest BCUT2D eigenvalue weighted by Crippen LogP contribution is -2.59. The fourth-order valence-corrected chi connectivity index (χ4v) is 5.53. The third-order valence-electron chi connectivity index (χ3n) is 6.88. The van der Waals surface area contributed by atoms with Crippen molar-refractivity contribution in [2.45, 2.75) is 69.9 Å². The van der Waals surface area contributed by atoms with Gasteiger partial charge in [-0.3, -0.25) is 0 Å². The number of ether oxygens (including phenoxy) is 1. The molecule has 1 heterocycles. The van der Waals surface area contributed by atoms with Crippen molar-refractivity contribution in [3.8, 4) is 5.75 Å². The first kappa shape index (κ1) is 15.4. The van der Waals surface area contributed by atoms with E-state index in [-0.39, 0.29) is 6.10 Å². The summed E-state index contributed by atoms with van der Waals surface area (Å²) in [6, 6.07) is 7.70. The molecule has 4 unspecified atom stereocenters. The topological polar surface area (TPSA) is 12.5 Å². The molecular weight excluding hydrogens is 282 g/mol. The zero-order chi connectivity index (χ0) is 16.0. The quantitative estimate of drug-likeness (QED) is 0.769. The number of benzene rings is 1. The first-order valence-electron chi connectivity index (χ1n) is 9.44. The first-order chi connectivity index (χ1) is 11.1. The molecule has 2 aliphatic carbocycles. The summed E-state index contributed by atoms with van der Waals surface area (Å²) in [5.74, 6) is 1.92. The highest BCUT2D eigenvalue weighted by molar-refractivity contribution is 5.45. The van der Waals surface area contributed by atoms with E-state index >= 15 is 0 Å². The van der Waals surface area contributed by atoms with Gasteiger partial charge < -0.3 is 9.64 Å². The number of fused-ring (bicyclic) bond motifs is 1. The Balaban J connectivity index is 1.76. The molecule has 1 saturated carbocycles. The van der Waals surface area contributed by atoms with E-state index in [1.54, 1.807) is 11.1 Å². The highest BCUT2D eigenvalue weighted by atomic mass is 16.5. The highest BCUT2D eigenvalue weighted by Crippen LogP contribution is 2.55. The lowest BCUT2D eigenvalue weighted by molar-refractivity contribution is 0.00267. The van der Waals surface area contributed by atoms with Crippen molar-refractivity contribution in [1.29, 1.82) is 0 Å². The molecular formula is C21H30NO+. The number of likely N-dealkylation sites (tertiary alicyclic amines) is 1. The van der Waals surface area contributed by atoms with Crippen LogP contribution >= 0.6 is 0 Å². The van der Waals surface area contributed by atoms with E-state index in [4.69, 9.17) is 4.74 Å². The van der Waals surface area contributed by atoms with Crippen LogP contribution in [0.2, 0.25) is 0 Å². The van der Waals surface area contributed by atoms with Crippen LogP contribution in [0.15, 0.2) is 18.2 Å². The van der Waals surface area contributed by atoms with Crippen LogP contribution in [-0.2, 0) is 11.8 Å². The molecule has 1 saturated heterocycles. The van der Waals surface area contributed by atoms with Gasteiger partial charge in [-0.2, -0.15) is 0 Å². The van der Waals surface area contributed by atoms with Crippen molar-refractivity contribution >= 4 is 0 Å². The number of rotatable bonds is 3. The minimum atomic E-state index is 0.182. The molecule has 1 aromatic rings. The molecule has 124 valence electrons. The summed E-state index contributed by atoms with van der Waals surface area (Å²) in [5, 5.41) is 0. The predicted molar refractivity (Wildman–Crippen MR) is 94.9 cm³/mol. The predicted octanol–water partition coefficient (Wildman–Crippen LogP) is 4.37. The van der Waals surface area contributed by atoms with Crippen molar-refractivity contribution < 1.29 is 4.74 Å². The van der Waals surface area contributed by atoms with Gasteiger partial charge in [0.15, 0.2) is 0 Å².